The Morgan fingerprint density at radius 3 is 2.63 bits per heavy atom. The molecule has 0 spiro atoms. The molecular formula is C22H18ClF2N3O2. The van der Waals surface area contributed by atoms with Gasteiger partial charge in [0.2, 0.25) is 0 Å². The standard InChI is InChI=1S/C22H18ClF2N3O2/c1-11-6-17-18(27-13(3)26-17)9-19(11)28-12(2)7-20(21(23)22(28)29)30-10-14-4-5-15(24)8-16(14)25/h4-9H,10H2,1-3H3,(H,26,27). The predicted octanol–water partition coefficient (Wildman–Crippen LogP) is 5.15. The normalized spacial score (nSPS) is 11.3. The second kappa shape index (κ2) is 7.57. The third-order valence-electron chi connectivity index (χ3n) is 4.86. The number of nitrogens with one attached hydrogen (secondary N) is 1. The summed E-state index contributed by atoms with van der Waals surface area (Å²) in [5, 5.41) is -0.122. The average molecular weight is 430 g/mol. The molecule has 5 nitrogen and oxygen atoms in total. The number of imidazole rings is 1. The number of nitrogens with zero attached hydrogens (tertiary/aromatic N) is 2. The molecule has 0 saturated carbocycles. The molecule has 2 aromatic heterocycles. The third-order valence-corrected chi connectivity index (χ3v) is 5.20. The van der Waals surface area contributed by atoms with E-state index in [1.807, 2.05) is 26.0 Å². The number of hydrogen-bond donors (Lipinski definition) is 1. The zero-order chi connectivity index (χ0) is 21.6. The first-order chi connectivity index (χ1) is 14.2. The fourth-order valence-electron chi connectivity index (χ4n) is 3.40. The number of hydrogen-bond acceptors (Lipinski definition) is 3. The molecule has 2 heterocycles. The highest BCUT2D eigenvalue weighted by atomic mass is 35.5. The van der Waals surface area contributed by atoms with Crippen molar-refractivity contribution < 1.29 is 13.5 Å². The maximum atomic E-state index is 13.8. The van der Waals surface area contributed by atoms with E-state index in [0.717, 1.165) is 34.6 Å². The maximum Gasteiger partial charge on any atom is 0.277 e. The second-order valence-electron chi connectivity index (χ2n) is 7.11. The lowest BCUT2D eigenvalue weighted by atomic mass is 10.1. The van der Waals surface area contributed by atoms with E-state index in [1.165, 1.54) is 10.6 Å². The van der Waals surface area contributed by atoms with Gasteiger partial charge in [0, 0.05) is 23.4 Å². The number of ether oxygens (including phenoxy) is 1. The Kier molecular flexibility index (Phi) is 5.07. The van der Waals surface area contributed by atoms with Gasteiger partial charge in [-0.25, -0.2) is 13.8 Å². The van der Waals surface area contributed by atoms with Crippen LogP contribution in [0.25, 0.3) is 16.7 Å². The molecule has 4 aromatic rings. The molecule has 0 bridgehead atoms. The van der Waals surface area contributed by atoms with Gasteiger partial charge in [0.05, 0.1) is 16.7 Å². The molecule has 1 N–H and O–H groups in total. The summed E-state index contributed by atoms with van der Waals surface area (Å²) >= 11 is 6.29. The average Bonchev–Trinajstić information content (AvgIpc) is 3.03. The molecule has 0 saturated heterocycles. The topological polar surface area (TPSA) is 59.9 Å². The Labute approximate surface area is 175 Å². The molecule has 0 radical (unpaired) electrons. The van der Waals surface area contributed by atoms with Crippen molar-refractivity contribution in [2.45, 2.75) is 27.4 Å². The first kappa shape index (κ1) is 20.1. The molecular weight excluding hydrogens is 412 g/mol. The number of fused-ring (bicyclic) bond motifs is 1. The van der Waals surface area contributed by atoms with E-state index in [1.54, 1.807) is 13.0 Å². The minimum Gasteiger partial charge on any atom is -0.487 e. The van der Waals surface area contributed by atoms with Gasteiger partial charge in [0.1, 0.15) is 34.8 Å². The van der Waals surface area contributed by atoms with Crippen LogP contribution in [-0.4, -0.2) is 14.5 Å². The predicted molar refractivity (Wildman–Crippen MR) is 112 cm³/mol. The minimum absolute atomic E-state index is 0.122. The lowest BCUT2D eigenvalue weighted by molar-refractivity contribution is 0.298. The first-order valence-corrected chi connectivity index (χ1v) is 9.58. The second-order valence-corrected chi connectivity index (χ2v) is 7.48. The van der Waals surface area contributed by atoms with Gasteiger partial charge in [-0.05, 0) is 50.6 Å². The SMILES string of the molecule is Cc1nc2cc(C)c(-n3c(C)cc(OCc4ccc(F)cc4F)c(Cl)c3=O)cc2[nH]1. The molecule has 8 heteroatoms. The van der Waals surface area contributed by atoms with Gasteiger partial charge < -0.3 is 9.72 Å². The fraction of sp³-hybridized carbons (Fsp3) is 0.182. The molecule has 30 heavy (non-hydrogen) atoms. The van der Waals surface area contributed by atoms with Crippen LogP contribution in [0.1, 0.15) is 22.6 Å². The van der Waals surface area contributed by atoms with E-state index in [0.29, 0.717) is 11.4 Å². The smallest absolute Gasteiger partial charge is 0.277 e. The summed E-state index contributed by atoms with van der Waals surface area (Å²) in [4.78, 5) is 20.6. The van der Waals surface area contributed by atoms with Crippen LogP contribution in [0, 0.1) is 32.4 Å². The van der Waals surface area contributed by atoms with Gasteiger partial charge in [0.15, 0.2) is 0 Å². The van der Waals surface area contributed by atoms with E-state index >= 15 is 0 Å². The lowest BCUT2D eigenvalue weighted by Crippen LogP contribution is -2.22. The van der Waals surface area contributed by atoms with E-state index in [9.17, 15) is 13.6 Å². The summed E-state index contributed by atoms with van der Waals surface area (Å²) in [6, 6.07) is 8.58. The van der Waals surface area contributed by atoms with Crippen LogP contribution in [0.2, 0.25) is 5.02 Å². The minimum atomic E-state index is -0.727. The Morgan fingerprint density at radius 1 is 1.13 bits per heavy atom. The van der Waals surface area contributed by atoms with Crippen molar-refractivity contribution in [1.29, 1.82) is 0 Å². The highest BCUT2D eigenvalue weighted by Crippen LogP contribution is 2.27. The Bertz CT molecular complexity index is 1340. The molecule has 0 fully saturated rings. The number of H-pyrrole nitrogens is 1. The van der Waals surface area contributed by atoms with Crippen molar-refractivity contribution in [3.8, 4) is 11.4 Å². The zero-order valence-electron chi connectivity index (χ0n) is 16.5. The van der Waals surface area contributed by atoms with Crippen molar-refractivity contribution in [3.05, 3.63) is 86.1 Å². The zero-order valence-corrected chi connectivity index (χ0v) is 17.3. The van der Waals surface area contributed by atoms with Crippen molar-refractivity contribution in [3.63, 3.8) is 0 Å². The summed E-state index contributed by atoms with van der Waals surface area (Å²) in [5.41, 5.74) is 3.45. The summed E-state index contributed by atoms with van der Waals surface area (Å²) in [5.74, 6) is -0.488. The number of benzene rings is 2. The molecule has 0 amide bonds. The van der Waals surface area contributed by atoms with Crippen LogP contribution in [0.15, 0.2) is 41.2 Å². The van der Waals surface area contributed by atoms with E-state index in [2.05, 4.69) is 9.97 Å². The molecule has 0 unspecified atom stereocenters. The highest BCUT2D eigenvalue weighted by molar-refractivity contribution is 6.31. The monoisotopic (exact) mass is 429 g/mol. The van der Waals surface area contributed by atoms with E-state index in [4.69, 9.17) is 16.3 Å². The largest absolute Gasteiger partial charge is 0.487 e. The lowest BCUT2D eigenvalue weighted by Gasteiger charge is -2.16. The van der Waals surface area contributed by atoms with Crippen molar-refractivity contribution in [2.75, 3.05) is 0 Å². The summed E-state index contributed by atoms with van der Waals surface area (Å²) in [6.45, 7) is 5.32. The fourth-order valence-corrected chi connectivity index (χ4v) is 3.59. The van der Waals surface area contributed by atoms with Crippen LogP contribution >= 0.6 is 11.6 Å². The number of aromatic amines is 1. The number of rotatable bonds is 4. The maximum absolute atomic E-state index is 13.8. The Morgan fingerprint density at radius 2 is 1.90 bits per heavy atom. The van der Waals surface area contributed by atoms with Gasteiger partial charge in [-0.15, -0.1) is 0 Å². The van der Waals surface area contributed by atoms with E-state index < -0.39 is 17.2 Å². The van der Waals surface area contributed by atoms with Crippen LogP contribution in [0.5, 0.6) is 5.75 Å². The van der Waals surface area contributed by atoms with E-state index in [-0.39, 0.29) is 22.9 Å². The number of aryl methyl sites for hydroxylation is 3. The van der Waals surface area contributed by atoms with Gasteiger partial charge in [-0.2, -0.15) is 0 Å². The molecule has 4 rings (SSSR count). The summed E-state index contributed by atoms with van der Waals surface area (Å²) < 4.78 is 34.0. The summed E-state index contributed by atoms with van der Waals surface area (Å²) in [6.07, 6.45) is 0. The third kappa shape index (κ3) is 3.57. The molecule has 0 atom stereocenters. The molecule has 154 valence electrons. The summed E-state index contributed by atoms with van der Waals surface area (Å²) in [7, 11) is 0. The van der Waals surface area contributed by atoms with Crippen LogP contribution in [0.3, 0.4) is 0 Å². The van der Waals surface area contributed by atoms with Gasteiger partial charge >= 0.3 is 0 Å². The number of pyridine rings is 1. The molecule has 0 aliphatic carbocycles. The number of halogens is 3. The van der Waals surface area contributed by atoms with Crippen LogP contribution < -0.4 is 10.3 Å². The van der Waals surface area contributed by atoms with Gasteiger partial charge in [-0.3, -0.25) is 9.36 Å². The van der Waals surface area contributed by atoms with Crippen molar-refractivity contribution >= 4 is 22.6 Å². The molecule has 2 aromatic carbocycles. The quantitative estimate of drug-likeness (QED) is 0.488. The first-order valence-electron chi connectivity index (χ1n) is 9.21. The molecule has 0 aliphatic heterocycles. The highest BCUT2D eigenvalue weighted by Gasteiger charge is 2.17. The molecule has 0 aliphatic rings. The Hall–Kier alpha value is -3.19. The van der Waals surface area contributed by atoms with Gasteiger partial charge in [0.25, 0.3) is 5.56 Å². The Balaban J connectivity index is 1.73. The van der Waals surface area contributed by atoms with Crippen LogP contribution in [-0.2, 0) is 6.61 Å². The van der Waals surface area contributed by atoms with Crippen molar-refractivity contribution in [1.82, 2.24) is 14.5 Å². The van der Waals surface area contributed by atoms with Crippen LogP contribution in [0.4, 0.5) is 8.78 Å². The van der Waals surface area contributed by atoms with Gasteiger partial charge in [-0.1, -0.05) is 11.6 Å². The number of aromatic nitrogens is 3. The van der Waals surface area contributed by atoms with Crippen molar-refractivity contribution in [2.24, 2.45) is 0 Å².